The van der Waals surface area contributed by atoms with Gasteiger partial charge in [-0.1, -0.05) is 38.4 Å². The van der Waals surface area contributed by atoms with E-state index in [1.165, 1.54) is 4.90 Å². The first-order valence-electron chi connectivity index (χ1n) is 9.27. The van der Waals surface area contributed by atoms with E-state index in [2.05, 4.69) is 22.2 Å². The van der Waals surface area contributed by atoms with Crippen LogP contribution in [0.5, 0.6) is 0 Å². The van der Waals surface area contributed by atoms with E-state index in [0.717, 1.165) is 24.4 Å². The van der Waals surface area contributed by atoms with Gasteiger partial charge in [-0.3, -0.25) is 14.9 Å². The van der Waals surface area contributed by atoms with Crippen molar-refractivity contribution < 1.29 is 15.4 Å². The number of hydrogen-bond donors (Lipinski definition) is 1. The molecule has 1 heterocycles. The predicted molar refractivity (Wildman–Crippen MR) is 109 cm³/mol. The van der Waals surface area contributed by atoms with Crippen LogP contribution >= 0.6 is 0 Å². The maximum atomic E-state index is 12.8. The van der Waals surface area contributed by atoms with Gasteiger partial charge >= 0.3 is 0 Å². The van der Waals surface area contributed by atoms with Gasteiger partial charge in [0.05, 0.1) is 18.9 Å². The predicted octanol–water partition coefficient (Wildman–Crippen LogP) is 2.52. The fourth-order valence-electron chi connectivity index (χ4n) is 2.87. The fourth-order valence-corrected chi connectivity index (χ4v) is 2.87. The zero-order chi connectivity index (χ0) is 20.8. The standard InChI is InChI=1S/C18H18BFN4O2.C2H6.H2/c1-10-5-14(10)15-6-11(19)3-4-13(15)17(26)24(2)9-16(25)23-18-21-7-12(20)8-22-18;1-2;/h3-4,6-8,10,14H,5,9H2,1-2H3,(H,21,22,23,25);1-2H3;1H/t10?,14-;;/m1../s1. The Balaban J connectivity index is 0.00000136. The van der Waals surface area contributed by atoms with Crippen LogP contribution in [0.15, 0.2) is 30.6 Å². The van der Waals surface area contributed by atoms with Crippen molar-refractivity contribution in [3.63, 3.8) is 0 Å². The lowest BCUT2D eigenvalue weighted by Gasteiger charge is -2.19. The molecule has 0 bridgehead atoms. The number of aromatic nitrogens is 2. The van der Waals surface area contributed by atoms with E-state index < -0.39 is 11.7 Å². The number of nitrogens with zero attached hydrogens (tertiary/aromatic N) is 3. The summed E-state index contributed by atoms with van der Waals surface area (Å²) in [6.07, 6.45) is 2.93. The highest BCUT2D eigenvalue weighted by atomic mass is 19.1. The zero-order valence-corrected chi connectivity index (χ0v) is 16.6. The second kappa shape index (κ2) is 9.44. The summed E-state index contributed by atoms with van der Waals surface area (Å²) in [6, 6.07) is 5.22. The van der Waals surface area contributed by atoms with E-state index in [-0.39, 0.29) is 19.8 Å². The number of carbonyl (C=O) groups excluding carboxylic acids is 2. The van der Waals surface area contributed by atoms with Crippen LogP contribution < -0.4 is 10.8 Å². The number of likely N-dealkylation sites (N-methyl/N-ethyl adjacent to an activating group) is 1. The molecule has 148 valence electrons. The second-order valence-corrected chi connectivity index (χ2v) is 6.60. The minimum atomic E-state index is -0.597. The fraction of sp³-hybridized carbons (Fsp3) is 0.400. The number of rotatable bonds is 5. The number of hydrogen-bond acceptors (Lipinski definition) is 4. The summed E-state index contributed by atoms with van der Waals surface area (Å²) in [5.74, 6) is -0.490. The van der Waals surface area contributed by atoms with Crippen molar-refractivity contribution in [2.24, 2.45) is 5.92 Å². The average molecular weight is 384 g/mol. The van der Waals surface area contributed by atoms with E-state index >= 15 is 0 Å². The third-order valence-corrected chi connectivity index (χ3v) is 4.41. The summed E-state index contributed by atoms with van der Waals surface area (Å²) in [4.78, 5) is 33.5. The topological polar surface area (TPSA) is 75.2 Å². The third kappa shape index (κ3) is 5.37. The van der Waals surface area contributed by atoms with Gasteiger partial charge in [0, 0.05) is 14.0 Å². The van der Waals surface area contributed by atoms with Crippen LogP contribution in [0, 0.1) is 11.7 Å². The summed E-state index contributed by atoms with van der Waals surface area (Å²) in [6.45, 7) is 5.95. The molecule has 0 saturated heterocycles. The molecule has 1 aliphatic rings. The Morgan fingerprint density at radius 1 is 1.32 bits per heavy atom. The Morgan fingerprint density at radius 2 is 1.93 bits per heavy atom. The van der Waals surface area contributed by atoms with E-state index in [1.54, 1.807) is 19.2 Å². The summed E-state index contributed by atoms with van der Waals surface area (Å²) >= 11 is 0. The van der Waals surface area contributed by atoms with Crippen LogP contribution in [0.2, 0.25) is 0 Å². The lowest BCUT2D eigenvalue weighted by molar-refractivity contribution is -0.116. The Hall–Kier alpha value is -2.77. The highest BCUT2D eigenvalue weighted by molar-refractivity contribution is 6.32. The van der Waals surface area contributed by atoms with Crippen molar-refractivity contribution in [2.75, 3.05) is 18.9 Å². The molecule has 1 fully saturated rings. The van der Waals surface area contributed by atoms with Gasteiger partial charge < -0.3 is 4.90 Å². The number of carbonyl (C=O) groups is 2. The molecular formula is C20H26BFN4O2. The monoisotopic (exact) mass is 384 g/mol. The quantitative estimate of drug-likeness (QED) is 0.804. The number of benzene rings is 1. The summed E-state index contributed by atoms with van der Waals surface area (Å²) < 4.78 is 12.8. The van der Waals surface area contributed by atoms with Gasteiger partial charge in [-0.25, -0.2) is 14.4 Å². The van der Waals surface area contributed by atoms with Gasteiger partial charge in [0.1, 0.15) is 7.85 Å². The molecule has 2 radical (unpaired) electrons. The van der Waals surface area contributed by atoms with Crippen LogP contribution in [0.1, 0.15) is 50.5 Å². The van der Waals surface area contributed by atoms with Crippen LogP contribution in [0.3, 0.4) is 0 Å². The van der Waals surface area contributed by atoms with E-state index in [4.69, 9.17) is 7.85 Å². The van der Waals surface area contributed by atoms with Crippen molar-refractivity contribution in [3.05, 3.63) is 47.5 Å². The largest absolute Gasteiger partial charge is 0.332 e. The molecule has 1 unspecified atom stereocenters. The van der Waals surface area contributed by atoms with Crippen LogP contribution in [-0.2, 0) is 4.79 Å². The van der Waals surface area contributed by atoms with Gasteiger partial charge in [0.25, 0.3) is 5.91 Å². The Kier molecular flexibility index (Phi) is 7.26. The first-order valence-corrected chi connectivity index (χ1v) is 9.27. The molecule has 1 aromatic heterocycles. The molecule has 2 amide bonds. The smallest absolute Gasteiger partial charge is 0.254 e. The highest BCUT2D eigenvalue weighted by Gasteiger charge is 2.37. The average Bonchev–Trinajstić information content (AvgIpc) is 3.41. The first kappa shape index (κ1) is 21.5. The van der Waals surface area contributed by atoms with Gasteiger partial charge in [-0.15, -0.1) is 0 Å². The van der Waals surface area contributed by atoms with Crippen LogP contribution in [-0.4, -0.2) is 48.1 Å². The van der Waals surface area contributed by atoms with E-state index in [1.807, 2.05) is 19.9 Å². The molecule has 6 nitrogen and oxygen atoms in total. The Bertz CT molecular complexity index is 851. The van der Waals surface area contributed by atoms with Crippen molar-refractivity contribution >= 4 is 31.1 Å². The first-order chi connectivity index (χ1) is 13.3. The van der Waals surface area contributed by atoms with Crippen molar-refractivity contribution in [2.45, 2.75) is 33.1 Å². The molecular weight excluding hydrogens is 358 g/mol. The number of anilines is 1. The normalized spacial score (nSPS) is 17.2. The Morgan fingerprint density at radius 3 is 2.50 bits per heavy atom. The third-order valence-electron chi connectivity index (χ3n) is 4.41. The molecule has 1 saturated carbocycles. The maximum absolute atomic E-state index is 12.8. The van der Waals surface area contributed by atoms with E-state index in [9.17, 15) is 14.0 Å². The van der Waals surface area contributed by atoms with Crippen LogP contribution in [0.4, 0.5) is 10.3 Å². The van der Waals surface area contributed by atoms with Crippen molar-refractivity contribution in [3.8, 4) is 0 Å². The molecule has 0 aliphatic heterocycles. The second-order valence-electron chi connectivity index (χ2n) is 6.60. The number of nitrogens with one attached hydrogen (secondary N) is 1. The number of amides is 2. The van der Waals surface area contributed by atoms with Gasteiger partial charge in [-0.05, 0) is 29.9 Å². The summed E-state index contributed by atoms with van der Waals surface area (Å²) in [5, 5.41) is 2.43. The molecule has 1 aliphatic carbocycles. The molecule has 2 aromatic rings. The van der Waals surface area contributed by atoms with Crippen LogP contribution in [0.25, 0.3) is 0 Å². The number of halogens is 1. The lowest BCUT2D eigenvalue weighted by Crippen LogP contribution is -2.35. The van der Waals surface area contributed by atoms with Crippen molar-refractivity contribution in [1.29, 1.82) is 0 Å². The molecule has 1 N–H and O–H groups in total. The summed E-state index contributed by atoms with van der Waals surface area (Å²) in [5.41, 5.74) is 2.10. The molecule has 0 spiro atoms. The lowest BCUT2D eigenvalue weighted by atomic mass is 9.89. The summed E-state index contributed by atoms with van der Waals surface area (Å²) in [7, 11) is 7.41. The molecule has 2 atom stereocenters. The van der Waals surface area contributed by atoms with Gasteiger partial charge in [0.2, 0.25) is 11.9 Å². The van der Waals surface area contributed by atoms with E-state index in [0.29, 0.717) is 22.9 Å². The Labute approximate surface area is 167 Å². The molecule has 1 aromatic carbocycles. The molecule has 28 heavy (non-hydrogen) atoms. The maximum Gasteiger partial charge on any atom is 0.254 e. The minimum Gasteiger partial charge on any atom is -0.332 e. The van der Waals surface area contributed by atoms with Crippen molar-refractivity contribution in [1.82, 2.24) is 14.9 Å². The van der Waals surface area contributed by atoms with Gasteiger partial charge in [0.15, 0.2) is 5.82 Å². The van der Waals surface area contributed by atoms with Gasteiger partial charge in [-0.2, -0.15) is 0 Å². The molecule has 3 rings (SSSR count). The SMILES string of the molecule is CC.[B]c1ccc(C(=O)N(C)CC(=O)Nc2ncc(F)cn2)c([C@@H]2CC2C)c1.[HH]. The highest BCUT2D eigenvalue weighted by Crippen LogP contribution is 2.47. The minimum absolute atomic E-state index is 0. The zero-order valence-electron chi connectivity index (χ0n) is 16.6. The molecule has 8 heteroatoms.